The van der Waals surface area contributed by atoms with Crippen LogP contribution in [0.15, 0.2) is 36.4 Å². The van der Waals surface area contributed by atoms with Crippen LogP contribution < -0.4 is 15.2 Å². The first-order valence-corrected chi connectivity index (χ1v) is 10.6. The Bertz CT molecular complexity index is 1150. The number of carbonyl (C=O) groups excluding carboxylic acids is 4. The second kappa shape index (κ2) is 13.4. The molecule has 36 heavy (non-hydrogen) atoms. The van der Waals surface area contributed by atoms with Gasteiger partial charge >= 0.3 is 23.9 Å². The third kappa shape index (κ3) is 9.79. The molecule has 12 heteroatoms. The molecule has 0 saturated heterocycles. The number of non-ortho nitro benzene ring substituents is 1. The van der Waals surface area contributed by atoms with E-state index < -0.39 is 41.0 Å². The minimum absolute atomic E-state index is 0.131. The van der Waals surface area contributed by atoms with Crippen LogP contribution in [0.3, 0.4) is 0 Å². The predicted octanol–water partition coefficient (Wildman–Crippen LogP) is 3.96. The third-order valence-electron chi connectivity index (χ3n) is 4.31. The Morgan fingerprint density at radius 1 is 0.750 bits per heavy atom. The zero-order chi connectivity index (χ0) is 27.6. The highest BCUT2D eigenvalue weighted by molar-refractivity contribution is 5.71. The number of esters is 4. The summed E-state index contributed by atoms with van der Waals surface area (Å²) >= 11 is 0. The summed E-state index contributed by atoms with van der Waals surface area (Å²) in [7, 11) is 0. The van der Waals surface area contributed by atoms with Crippen molar-refractivity contribution in [3.63, 3.8) is 0 Å². The number of hydrogen-bond acceptors (Lipinski definition) is 11. The maximum atomic E-state index is 11.0. The Kier molecular flexibility index (Phi) is 11.0. The predicted molar refractivity (Wildman–Crippen MR) is 127 cm³/mol. The van der Waals surface area contributed by atoms with Crippen LogP contribution in [-0.4, -0.2) is 28.8 Å². The summed E-state index contributed by atoms with van der Waals surface area (Å²) in [5, 5.41) is 10.7. The lowest BCUT2D eigenvalue weighted by Gasteiger charge is -2.16. The Morgan fingerprint density at radius 3 is 1.56 bits per heavy atom. The van der Waals surface area contributed by atoms with Gasteiger partial charge in [0.15, 0.2) is 0 Å². The van der Waals surface area contributed by atoms with E-state index in [9.17, 15) is 29.3 Å². The number of nitro benzene ring substituents is 1. The Balaban J connectivity index is 0.000000362. The van der Waals surface area contributed by atoms with Crippen molar-refractivity contribution in [3.05, 3.63) is 57.6 Å². The molecule has 0 amide bonds. The summed E-state index contributed by atoms with van der Waals surface area (Å²) in [5.74, 6) is -1.47. The summed E-state index contributed by atoms with van der Waals surface area (Å²) in [5.41, 5.74) is 6.81. The van der Waals surface area contributed by atoms with Crippen LogP contribution in [0.25, 0.3) is 0 Å². The number of carbonyl (C=O) groups is 4. The highest BCUT2D eigenvalue weighted by Crippen LogP contribution is 2.32. The van der Waals surface area contributed by atoms with Crippen molar-refractivity contribution in [2.45, 2.75) is 53.8 Å². The van der Waals surface area contributed by atoms with Gasteiger partial charge in [-0.25, -0.2) is 0 Å². The Hall–Kier alpha value is -4.48. The second-order valence-electron chi connectivity index (χ2n) is 7.47. The quantitative estimate of drug-likeness (QED) is 0.190. The van der Waals surface area contributed by atoms with Crippen LogP contribution in [0.1, 0.15) is 64.9 Å². The molecule has 2 N–H and O–H groups in total. The molecule has 0 aliphatic carbocycles. The van der Waals surface area contributed by atoms with E-state index in [0.717, 1.165) is 0 Å². The fraction of sp³-hybridized carbons (Fsp3) is 0.333. The van der Waals surface area contributed by atoms with Gasteiger partial charge in [-0.15, -0.1) is 0 Å². The van der Waals surface area contributed by atoms with Crippen LogP contribution in [0.2, 0.25) is 0 Å². The van der Waals surface area contributed by atoms with E-state index in [4.69, 9.17) is 24.7 Å². The number of nitrogen functional groups attached to an aromatic ring is 1. The van der Waals surface area contributed by atoms with Gasteiger partial charge in [0.1, 0.15) is 23.7 Å². The first-order chi connectivity index (χ1) is 16.7. The van der Waals surface area contributed by atoms with Gasteiger partial charge in [0, 0.05) is 56.6 Å². The summed E-state index contributed by atoms with van der Waals surface area (Å²) in [6.45, 7) is 8.27. The summed E-state index contributed by atoms with van der Waals surface area (Å²) < 4.78 is 19.9. The molecule has 0 aliphatic rings. The van der Waals surface area contributed by atoms with Crippen LogP contribution in [0, 0.1) is 10.1 Å². The second-order valence-corrected chi connectivity index (χ2v) is 7.47. The highest BCUT2D eigenvalue weighted by atomic mass is 16.6. The van der Waals surface area contributed by atoms with E-state index >= 15 is 0 Å². The van der Waals surface area contributed by atoms with E-state index in [1.807, 2.05) is 0 Å². The van der Waals surface area contributed by atoms with Crippen molar-refractivity contribution < 1.29 is 43.0 Å². The highest BCUT2D eigenvalue weighted by Gasteiger charge is 2.20. The summed E-state index contributed by atoms with van der Waals surface area (Å²) in [6, 6.07) is 8.53. The molecular formula is C24H28N2O10. The van der Waals surface area contributed by atoms with E-state index in [-0.39, 0.29) is 17.0 Å². The minimum Gasteiger partial charge on any atom is -0.458 e. The average molecular weight is 504 g/mol. The molecule has 2 unspecified atom stereocenters. The normalized spacial score (nSPS) is 11.6. The van der Waals surface area contributed by atoms with Gasteiger partial charge in [0.25, 0.3) is 5.69 Å². The zero-order valence-corrected chi connectivity index (χ0v) is 20.7. The van der Waals surface area contributed by atoms with Gasteiger partial charge < -0.3 is 24.7 Å². The van der Waals surface area contributed by atoms with Gasteiger partial charge in [-0.05, 0) is 38.1 Å². The monoisotopic (exact) mass is 504 g/mol. The lowest BCUT2D eigenvalue weighted by atomic mass is 10.1. The van der Waals surface area contributed by atoms with Crippen LogP contribution >= 0.6 is 0 Å². The lowest BCUT2D eigenvalue weighted by molar-refractivity contribution is -0.385. The molecule has 2 rings (SSSR count). The van der Waals surface area contributed by atoms with Gasteiger partial charge in [-0.2, -0.15) is 0 Å². The van der Waals surface area contributed by atoms with Crippen molar-refractivity contribution in [2.24, 2.45) is 0 Å². The van der Waals surface area contributed by atoms with Crippen molar-refractivity contribution in [2.75, 3.05) is 5.73 Å². The number of nitro groups is 1. The molecule has 0 aliphatic heterocycles. The standard InChI is InChI=1S/C12H13NO6.C12H15NO4/c1-7(18-8(2)14)11-6-10(13(16)17)4-5-12(11)19-9(3)15;1-7(16-8(2)14)11-6-10(13)4-5-12(11)17-9(3)15/h4-7H,1-3H3;4-7H,13H2,1-3H3. The molecule has 2 aromatic rings. The molecule has 0 spiro atoms. The number of nitrogens with two attached hydrogens (primary N) is 1. The molecule has 2 atom stereocenters. The van der Waals surface area contributed by atoms with Gasteiger partial charge in [0.2, 0.25) is 0 Å². The van der Waals surface area contributed by atoms with Crippen LogP contribution in [0.4, 0.5) is 11.4 Å². The SMILES string of the molecule is CC(=O)Oc1ccc(N)cc1C(C)OC(C)=O.CC(=O)Oc1ccc([N+](=O)[O-])cc1C(C)OC(C)=O. The van der Waals surface area contributed by atoms with E-state index in [0.29, 0.717) is 17.0 Å². The molecule has 0 bridgehead atoms. The molecule has 0 heterocycles. The Labute approximate surface area is 207 Å². The van der Waals surface area contributed by atoms with Crippen LogP contribution in [-0.2, 0) is 28.7 Å². The maximum Gasteiger partial charge on any atom is 0.308 e. The van der Waals surface area contributed by atoms with Gasteiger partial charge in [-0.1, -0.05) is 0 Å². The number of rotatable bonds is 7. The fourth-order valence-corrected chi connectivity index (χ4v) is 2.97. The van der Waals surface area contributed by atoms with E-state index in [1.54, 1.807) is 25.1 Å². The van der Waals surface area contributed by atoms with E-state index in [1.165, 1.54) is 52.8 Å². The third-order valence-corrected chi connectivity index (χ3v) is 4.31. The van der Waals surface area contributed by atoms with Crippen molar-refractivity contribution in [3.8, 4) is 11.5 Å². The average Bonchev–Trinajstić information content (AvgIpc) is 2.73. The van der Waals surface area contributed by atoms with Crippen molar-refractivity contribution >= 4 is 35.3 Å². The molecule has 0 saturated carbocycles. The van der Waals surface area contributed by atoms with Crippen LogP contribution in [0.5, 0.6) is 11.5 Å². The number of ether oxygens (including phenoxy) is 4. The maximum absolute atomic E-state index is 11.0. The summed E-state index contributed by atoms with van der Waals surface area (Å²) in [6.07, 6.45) is -1.28. The first kappa shape index (κ1) is 29.6. The number of benzene rings is 2. The minimum atomic E-state index is -0.758. The van der Waals surface area contributed by atoms with Crippen molar-refractivity contribution in [1.29, 1.82) is 0 Å². The molecular weight excluding hydrogens is 476 g/mol. The molecule has 0 aromatic heterocycles. The molecule has 2 aromatic carbocycles. The topological polar surface area (TPSA) is 174 Å². The first-order valence-electron chi connectivity index (χ1n) is 10.6. The molecule has 194 valence electrons. The van der Waals surface area contributed by atoms with Crippen molar-refractivity contribution in [1.82, 2.24) is 0 Å². The molecule has 12 nitrogen and oxygen atoms in total. The number of anilines is 1. The Morgan fingerprint density at radius 2 is 1.17 bits per heavy atom. The van der Waals surface area contributed by atoms with Gasteiger partial charge in [-0.3, -0.25) is 29.3 Å². The lowest BCUT2D eigenvalue weighted by Crippen LogP contribution is -2.10. The number of nitrogens with zero attached hydrogens (tertiary/aromatic N) is 1. The fourth-order valence-electron chi connectivity index (χ4n) is 2.97. The molecule has 0 fully saturated rings. The summed E-state index contributed by atoms with van der Waals surface area (Å²) in [4.78, 5) is 53.8. The van der Waals surface area contributed by atoms with E-state index in [2.05, 4.69) is 0 Å². The smallest absolute Gasteiger partial charge is 0.308 e. The zero-order valence-electron chi connectivity index (χ0n) is 20.7. The number of hydrogen-bond donors (Lipinski definition) is 1. The van der Waals surface area contributed by atoms with Gasteiger partial charge in [0.05, 0.1) is 4.92 Å². The largest absolute Gasteiger partial charge is 0.458 e. The molecule has 0 radical (unpaired) electrons.